The molecule has 0 spiro atoms. The standard InChI is InChI=1S/C21H22N6O2/c1-14-12-26(13-15(2)22-14)21-19(16-6-4-3-5-7-16)24-25-20(23-21)17-8-10-18(11-9-17)27(28)29/h3-11,14-15,22H,12-13H2,1-2H3/t14-,15-/m0/s1. The zero-order chi connectivity index (χ0) is 20.4. The molecule has 1 saturated heterocycles. The maximum atomic E-state index is 10.9. The molecule has 4 rings (SSSR count). The number of hydrogen-bond donors (Lipinski definition) is 1. The van der Waals surface area contributed by atoms with Crippen LogP contribution in [0.1, 0.15) is 13.8 Å². The predicted molar refractivity (Wildman–Crippen MR) is 112 cm³/mol. The minimum atomic E-state index is -0.420. The van der Waals surface area contributed by atoms with Crippen molar-refractivity contribution in [1.29, 1.82) is 0 Å². The van der Waals surface area contributed by atoms with Gasteiger partial charge in [-0.15, -0.1) is 10.2 Å². The molecule has 0 aliphatic carbocycles. The zero-order valence-corrected chi connectivity index (χ0v) is 16.3. The Hall–Kier alpha value is -3.39. The van der Waals surface area contributed by atoms with Crippen molar-refractivity contribution in [2.75, 3.05) is 18.0 Å². The van der Waals surface area contributed by atoms with E-state index in [1.807, 2.05) is 30.3 Å². The third kappa shape index (κ3) is 4.07. The van der Waals surface area contributed by atoms with Crippen LogP contribution in [0.3, 0.4) is 0 Å². The van der Waals surface area contributed by atoms with Crippen molar-refractivity contribution in [2.45, 2.75) is 25.9 Å². The van der Waals surface area contributed by atoms with Gasteiger partial charge in [0.25, 0.3) is 5.69 Å². The second-order valence-corrected chi connectivity index (χ2v) is 7.35. The normalized spacial score (nSPS) is 19.2. The van der Waals surface area contributed by atoms with Gasteiger partial charge in [-0.1, -0.05) is 30.3 Å². The van der Waals surface area contributed by atoms with Gasteiger partial charge in [-0.25, -0.2) is 4.98 Å². The third-order valence-electron chi connectivity index (χ3n) is 4.91. The number of nitrogens with one attached hydrogen (secondary N) is 1. The highest BCUT2D eigenvalue weighted by Crippen LogP contribution is 2.30. The number of benzene rings is 2. The Morgan fingerprint density at radius 1 is 0.966 bits per heavy atom. The van der Waals surface area contributed by atoms with E-state index < -0.39 is 4.92 Å². The monoisotopic (exact) mass is 390 g/mol. The van der Waals surface area contributed by atoms with E-state index in [-0.39, 0.29) is 5.69 Å². The number of rotatable bonds is 4. The van der Waals surface area contributed by atoms with Crippen LogP contribution in [0.4, 0.5) is 11.5 Å². The van der Waals surface area contributed by atoms with E-state index in [4.69, 9.17) is 4.98 Å². The smallest absolute Gasteiger partial charge is 0.269 e. The van der Waals surface area contributed by atoms with Crippen molar-refractivity contribution in [3.05, 3.63) is 64.7 Å². The van der Waals surface area contributed by atoms with Gasteiger partial charge in [0.2, 0.25) is 0 Å². The molecule has 0 amide bonds. The van der Waals surface area contributed by atoms with Gasteiger partial charge >= 0.3 is 0 Å². The molecule has 0 unspecified atom stereocenters. The summed E-state index contributed by atoms with van der Waals surface area (Å²) >= 11 is 0. The highest BCUT2D eigenvalue weighted by Gasteiger charge is 2.26. The minimum absolute atomic E-state index is 0.0348. The molecule has 3 aromatic rings. The highest BCUT2D eigenvalue weighted by molar-refractivity contribution is 5.73. The van der Waals surface area contributed by atoms with Crippen molar-refractivity contribution in [2.24, 2.45) is 0 Å². The van der Waals surface area contributed by atoms with Crippen LogP contribution in [0.15, 0.2) is 54.6 Å². The first-order valence-corrected chi connectivity index (χ1v) is 9.57. The van der Waals surface area contributed by atoms with E-state index in [9.17, 15) is 10.1 Å². The topological polar surface area (TPSA) is 97.1 Å². The Morgan fingerprint density at radius 3 is 2.24 bits per heavy atom. The molecule has 0 radical (unpaired) electrons. The fourth-order valence-electron chi connectivity index (χ4n) is 3.68. The lowest BCUT2D eigenvalue weighted by atomic mass is 10.1. The number of anilines is 1. The van der Waals surface area contributed by atoms with Crippen molar-refractivity contribution >= 4 is 11.5 Å². The molecule has 1 aliphatic rings. The molecule has 0 saturated carbocycles. The van der Waals surface area contributed by atoms with E-state index in [2.05, 4.69) is 34.3 Å². The van der Waals surface area contributed by atoms with Crippen LogP contribution in [-0.4, -0.2) is 45.3 Å². The molecule has 1 fully saturated rings. The Bertz CT molecular complexity index is 999. The molecule has 2 atom stereocenters. The van der Waals surface area contributed by atoms with Gasteiger partial charge in [-0.3, -0.25) is 10.1 Å². The number of nitro groups is 1. The fourth-order valence-corrected chi connectivity index (χ4v) is 3.68. The summed E-state index contributed by atoms with van der Waals surface area (Å²) in [6.07, 6.45) is 0. The van der Waals surface area contributed by atoms with Crippen molar-refractivity contribution in [1.82, 2.24) is 20.5 Å². The molecule has 0 bridgehead atoms. The average molecular weight is 390 g/mol. The first kappa shape index (κ1) is 18.9. The third-order valence-corrected chi connectivity index (χ3v) is 4.91. The maximum absolute atomic E-state index is 10.9. The Labute approximate surface area is 168 Å². The van der Waals surface area contributed by atoms with Crippen molar-refractivity contribution in [3.8, 4) is 22.6 Å². The number of non-ortho nitro benzene ring substituents is 1. The first-order valence-electron chi connectivity index (χ1n) is 9.57. The molecule has 2 aromatic carbocycles. The van der Waals surface area contributed by atoms with Crippen molar-refractivity contribution in [3.63, 3.8) is 0 Å². The van der Waals surface area contributed by atoms with Gasteiger partial charge in [-0.05, 0) is 26.0 Å². The van der Waals surface area contributed by atoms with Gasteiger partial charge in [0.05, 0.1) is 4.92 Å². The second kappa shape index (κ2) is 7.92. The molecule has 8 nitrogen and oxygen atoms in total. The molecule has 29 heavy (non-hydrogen) atoms. The average Bonchev–Trinajstić information content (AvgIpc) is 2.73. The fraction of sp³-hybridized carbons (Fsp3) is 0.286. The first-order chi connectivity index (χ1) is 14.0. The number of nitro benzene ring substituents is 1. The Balaban J connectivity index is 1.78. The van der Waals surface area contributed by atoms with Crippen LogP contribution in [-0.2, 0) is 0 Å². The van der Waals surface area contributed by atoms with E-state index in [0.29, 0.717) is 23.5 Å². The van der Waals surface area contributed by atoms with Crippen LogP contribution in [0, 0.1) is 10.1 Å². The van der Waals surface area contributed by atoms with Gasteiger partial charge in [-0.2, -0.15) is 0 Å². The Kier molecular flexibility index (Phi) is 5.18. The molecule has 8 heteroatoms. The van der Waals surface area contributed by atoms with E-state index >= 15 is 0 Å². The van der Waals surface area contributed by atoms with Crippen LogP contribution in [0.25, 0.3) is 22.6 Å². The lowest BCUT2D eigenvalue weighted by Gasteiger charge is -2.37. The number of aromatic nitrogens is 3. The number of hydrogen-bond acceptors (Lipinski definition) is 7. The quantitative estimate of drug-likeness (QED) is 0.539. The molecular weight excluding hydrogens is 368 g/mol. The summed E-state index contributed by atoms with van der Waals surface area (Å²) in [4.78, 5) is 17.6. The number of nitrogens with zero attached hydrogens (tertiary/aromatic N) is 5. The minimum Gasteiger partial charge on any atom is -0.352 e. The van der Waals surface area contributed by atoms with Crippen molar-refractivity contribution < 1.29 is 4.92 Å². The zero-order valence-electron chi connectivity index (χ0n) is 16.3. The summed E-state index contributed by atoms with van der Waals surface area (Å²) in [6, 6.07) is 16.8. The summed E-state index contributed by atoms with van der Waals surface area (Å²) in [5.74, 6) is 1.23. The molecule has 2 heterocycles. The molecular formula is C21H22N6O2. The van der Waals surface area contributed by atoms with Gasteiger partial charge in [0, 0.05) is 48.4 Å². The summed E-state index contributed by atoms with van der Waals surface area (Å²) < 4.78 is 0. The lowest BCUT2D eigenvalue weighted by molar-refractivity contribution is -0.384. The van der Waals surface area contributed by atoms with E-state index in [1.165, 1.54) is 12.1 Å². The summed E-state index contributed by atoms with van der Waals surface area (Å²) in [5, 5.41) is 23.3. The molecule has 148 valence electrons. The van der Waals surface area contributed by atoms with Crippen LogP contribution in [0.5, 0.6) is 0 Å². The maximum Gasteiger partial charge on any atom is 0.269 e. The second-order valence-electron chi connectivity index (χ2n) is 7.35. The Morgan fingerprint density at radius 2 is 1.62 bits per heavy atom. The summed E-state index contributed by atoms with van der Waals surface area (Å²) in [7, 11) is 0. The highest BCUT2D eigenvalue weighted by atomic mass is 16.6. The van der Waals surface area contributed by atoms with E-state index in [1.54, 1.807) is 12.1 Å². The lowest BCUT2D eigenvalue weighted by Crippen LogP contribution is -2.54. The molecule has 1 aliphatic heterocycles. The summed E-state index contributed by atoms with van der Waals surface area (Å²) in [5.41, 5.74) is 2.42. The van der Waals surface area contributed by atoms with Gasteiger partial charge in [0.1, 0.15) is 5.69 Å². The van der Waals surface area contributed by atoms with Crippen LogP contribution in [0.2, 0.25) is 0 Å². The summed E-state index contributed by atoms with van der Waals surface area (Å²) in [6.45, 7) is 5.92. The molecule has 1 aromatic heterocycles. The predicted octanol–water partition coefficient (Wildman–Crippen LogP) is 3.30. The number of piperazine rings is 1. The van der Waals surface area contributed by atoms with Gasteiger partial charge in [0.15, 0.2) is 11.6 Å². The molecule has 1 N–H and O–H groups in total. The van der Waals surface area contributed by atoms with E-state index in [0.717, 1.165) is 30.2 Å². The largest absolute Gasteiger partial charge is 0.352 e. The van der Waals surface area contributed by atoms with Crippen LogP contribution < -0.4 is 10.2 Å². The van der Waals surface area contributed by atoms with Crippen LogP contribution >= 0.6 is 0 Å². The SMILES string of the molecule is C[C@H]1CN(c2nc(-c3ccc([N+](=O)[O-])cc3)nnc2-c2ccccc2)C[C@H](C)N1. The van der Waals surface area contributed by atoms with Gasteiger partial charge < -0.3 is 10.2 Å².